The average molecular weight is 360 g/mol. The van der Waals surface area contributed by atoms with Gasteiger partial charge in [-0.1, -0.05) is 12.1 Å². The minimum Gasteiger partial charge on any atom is -0.370 e. The highest BCUT2D eigenvalue weighted by atomic mass is 15.3. The first-order valence-electron chi connectivity index (χ1n) is 8.87. The van der Waals surface area contributed by atoms with E-state index in [-0.39, 0.29) is 0 Å². The van der Waals surface area contributed by atoms with Gasteiger partial charge in [-0.2, -0.15) is 5.26 Å². The molecular weight excluding hydrogens is 340 g/mol. The average Bonchev–Trinajstić information content (AvgIpc) is 3.06. The second kappa shape index (κ2) is 7.03. The monoisotopic (exact) mass is 360 g/mol. The fourth-order valence-electron chi connectivity index (χ4n) is 3.72. The topological polar surface area (TPSA) is 110 Å². The molecule has 27 heavy (non-hydrogen) atoms. The smallest absolute Gasteiger partial charge is 0.221 e. The van der Waals surface area contributed by atoms with Crippen LogP contribution in [0.4, 0.5) is 11.6 Å². The second-order valence-electron chi connectivity index (χ2n) is 6.68. The molecule has 1 saturated heterocycles. The highest BCUT2D eigenvalue weighted by Gasteiger charge is 2.27. The van der Waals surface area contributed by atoms with Gasteiger partial charge in [0.2, 0.25) is 5.95 Å². The van der Waals surface area contributed by atoms with Gasteiger partial charge in [0.15, 0.2) is 0 Å². The van der Waals surface area contributed by atoms with Crippen molar-refractivity contribution >= 4 is 11.6 Å². The van der Waals surface area contributed by atoms with E-state index < -0.39 is 0 Å². The predicted molar refractivity (Wildman–Crippen MR) is 102 cm³/mol. The zero-order valence-corrected chi connectivity index (χ0v) is 15.1. The minimum atomic E-state index is 0.314. The molecule has 2 aromatic heterocycles. The Labute approximate surface area is 157 Å². The van der Waals surface area contributed by atoms with Crippen molar-refractivity contribution in [2.75, 3.05) is 23.7 Å². The molecule has 4 rings (SSSR count). The number of nitrogen functional groups attached to an aromatic ring is 1. The van der Waals surface area contributed by atoms with Crippen LogP contribution in [0.3, 0.4) is 0 Å². The summed E-state index contributed by atoms with van der Waals surface area (Å²) in [5.41, 5.74) is 9.33. The van der Waals surface area contributed by atoms with Crippen molar-refractivity contribution in [2.45, 2.75) is 18.8 Å². The van der Waals surface area contributed by atoms with E-state index in [0.717, 1.165) is 48.6 Å². The molecule has 0 spiro atoms. The maximum atomic E-state index is 9.65. The number of hydrogen-bond donors (Lipinski definition) is 1. The third-order valence-electron chi connectivity index (χ3n) is 5.15. The Bertz CT molecular complexity index is 981. The summed E-state index contributed by atoms with van der Waals surface area (Å²) >= 11 is 0. The first-order chi connectivity index (χ1) is 13.2. The van der Waals surface area contributed by atoms with Crippen LogP contribution in [0, 0.1) is 11.3 Å². The number of anilines is 2. The summed E-state index contributed by atoms with van der Waals surface area (Å²) in [6.07, 6.45) is 6.92. The van der Waals surface area contributed by atoms with Gasteiger partial charge in [-0.3, -0.25) is 0 Å². The lowest BCUT2D eigenvalue weighted by molar-refractivity contribution is 0.475. The molecule has 0 amide bonds. The Morgan fingerprint density at radius 2 is 1.89 bits per heavy atom. The normalized spacial score (nSPS) is 14.9. The summed E-state index contributed by atoms with van der Waals surface area (Å²) in [6.45, 7) is 1.66. The largest absolute Gasteiger partial charge is 0.370 e. The van der Waals surface area contributed by atoms with E-state index in [1.807, 2.05) is 29.8 Å². The number of para-hydroxylation sites is 1. The van der Waals surface area contributed by atoms with E-state index in [1.165, 1.54) is 6.33 Å². The molecule has 8 heteroatoms. The SMILES string of the molecule is Cn1c(N)nnc1C1CCN(c2c(C#N)cccc2-c2cncnc2)CC1. The number of nitriles is 1. The van der Waals surface area contributed by atoms with Crippen LogP contribution in [0.25, 0.3) is 11.1 Å². The summed E-state index contributed by atoms with van der Waals surface area (Å²) in [4.78, 5) is 10.5. The summed E-state index contributed by atoms with van der Waals surface area (Å²) in [5.74, 6) is 1.68. The predicted octanol–water partition coefficient (Wildman–Crippen LogP) is 2.11. The third-order valence-corrected chi connectivity index (χ3v) is 5.15. The molecule has 1 fully saturated rings. The lowest BCUT2D eigenvalue weighted by Crippen LogP contribution is -2.34. The van der Waals surface area contributed by atoms with Gasteiger partial charge in [0.05, 0.1) is 11.3 Å². The molecule has 136 valence electrons. The number of nitrogens with zero attached hydrogens (tertiary/aromatic N) is 7. The molecule has 0 bridgehead atoms. The van der Waals surface area contributed by atoms with Gasteiger partial charge in [0.25, 0.3) is 0 Å². The molecule has 0 saturated carbocycles. The maximum Gasteiger partial charge on any atom is 0.221 e. The van der Waals surface area contributed by atoms with E-state index in [4.69, 9.17) is 5.73 Å². The Balaban J connectivity index is 1.63. The number of aromatic nitrogens is 5. The fraction of sp³-hybridized carbons (Fsp3) is 0.316. The van der Waals surface area contributed by atoms with Crippen LogP contribution in [0.1, 0.15) is 30.1 Å². The summed E-state index contributed by atoms with van der Waals surface area (Å²) in [7, 11) is 1.90. The molecule has 1 aliphatic rings. The van der Waals surface area contributed by atoms with Gasteiger partial charge in [0.1, 0.15) is 18.2 Å². The molecule has 8 nitrogen and oxygen atoms in total. The Morgan fingerprint density at radius 3 is 2.52 bits per heavy atom. The van der Waals surface area contributed by atoms with Crippen LogP contribution >= 0.6 is 0 Å². The van der Waals surface area contributed by atoms with Crippen LogP contribution in [0.15, 0.2) is 36.9 Å². The highest BCUT2D eigenvalue weighted by molar-refractivity contribution is 5.82. The van der Waals surface area contributed by atoms with E-state index >= 15 is 0 Å². The van der Waals surface area contributed by atoms with Crippen molar-refractivity contribution in [3.8, 4) is 17.2 Å². The summed E-state index contributed by atoms with van der Waals surface area (Å²) in [5, 5.41) is 17.9. The molecule has 0 radical (unpaired) electrons. The van der Waals surface area contributed by atoms with E-state index in [9.17, 15) is 5.26 Å². The first kappa shape index (κ1) is 17.0. The van der Waals surface area contributed by atoms with Crippen LogP contribution in [-0.4, -0.2) is 37.8 Å². The van der Waals surface area contributed by atoms with Crippen LogP contribution in [0.2, 0.25) is 0 Å². The van der Waals surface area contributed by atoms with Crippen LogP contribution in [-0.2, 0) is 7.05 Å². The lowest BCUT2D eigenvalue weighted by Gasteiger charge is -2.34. The van der Waals surface area contributed by atoms with Gasteiger partial charge in [-0.05, 0) is 18.9 Å². The zero-order chi connectivity index (χ0) is 18.8. The summed E-state index contributed by atoms with van der Waals surface area (Å²) in [6, 6.07) is 8.11. The van der Waals surface area contributed by atoms with Crippen molar-refractivity contribution in [3.63, 3.8) is 0 Å². The number of benzene rings is 1. The summed E-state index contributed by atoms with van der Waals surface area (Å²) < 4.78 is 1.86. The highest BCUT2D eigenvalue weighted by Crippen LogP contribution is 2.37. The second-order valence-corrected chi connectivity index (χ2v) is 6.68. The molecule has 3 heterocycles. The van der Waals surface area contributed by atoms with Crippen molar-refractivity contribution < 1.29 is 0 Å². The zero-order valence-electron chi connectivity index (χ0n) is 15.1. The Hall–Kier alpha value is -3.47. The molecule has 2 N–H and O–H groups in total. The van der Waals surface area contributed by atoms with E-state index in [2.05, 4.69) is 31.1 Å². The number of nitrogens with two attached hydrogens (primary N) is 1. The Morgan fingerprint density at radius 1 is 1.15 bits per heavy atom. The van der Waals surface area contributed by atoms with Crippen molar-refractivity contribution in [1.82, 2.24) is 24.7 Å². The molecule has 0 aliphatic carbocycles. The molecule has 1 aliphatic heterocycles. The van der Waals surface area contributed by atoms with Crippen LogP contribution < -0.4 is 10.6 Å². The molecular formula is C19H20N8. The van der Waals surface area contributed by atoms with Crippen molar-refractivity contribution in [2.24, 2.45) is 7.05 Å². The van der Waals surface area contributed by atoms with Gasteiger partial charge in [-0.25, -0.2) is 9.97 Å². The van der Waals surface area contributed by atoms with Gasteiger partial charge < -0.3 is 15.2 Å². The van der Waals surface area contributed by atoms with E-state index in [1.54, 1.807) is 12.4 Å². The quantitative estimate of drug-likeness (QED) is 0.761. The fourth-order valence-corrected chi connectivity index (χ4v) is 3.72. The van der Waals surface area contributed by atoms with Crippen LogP contribution in [0.5, 0.6) is 0 Å². The standard InChI is InChI=1S/C19H20N8/c1-26-18(24-25-19(26)21)13-5-7-27(8-6-13)17-14(9-20)3-2-4-16(17)15-10-22-12-23-11-15/h2-4,10-13H,5-8H2,1H3,(H2,21,25). The maximum absolute atomic E-state index is 9.65. The third kappa shape index (κ3) is 3.08. The molecule has 0 unspecified atom stereocenters. The van der Waals surface area contributed by atoms with Crippen molar-refractivity contribution in [3.05, 3.63) is 48.3 Å². The number of rotatable bonds is 3. The van der Waals surface area contributed by atoms with Gasteiger partial charge in [0, 0.05) is 49.6 Å². The first-order valence-corrected chi connectivity index (χ1v) is 8.87. The molecule has 1 aromatic carbocycles. The van der Waals surface area contributed by atoms with Gasteiger partial charge >= 0.3 is 0 Å². The lowest BCUT2D eigenvalue weighted by atomic mass is 9.93. The van der Waals surface area contributed by atoms with Crippen molar-refractivity contribution in [1.29, 1.82) is 5.26 Å². The Kier molecular flexibility index (Phi) is 4.42. The molecule has 0 atom stereocenters. The number of piperidine rings is 1. The number of hydrogen-bond acceptors (Lipinski definition) is 7. The minimum absolute atomic E-state index is 0.314. The van der Waals surface area contributed by atoms with E-state index in [0.29, 0.717) is 17.4 Å². The molecule has 3 aromatic rings. The van der Waals surface area contributed by atoms with Gasteiger partial charge in [-0.15, -0.1) is 10.2 Å².